The van der Waals surface area contributed by atoms with Gasteiger partial charge >= 0.3 is 0 Å². The molecule has 0 aromatic heterocycles. The molecule has 0 radical (unpaired) electrons. The average molecular weight is 183 g/mol. The van der Waals surface area contributed by atoms with Gasteiger partial charge < -0.3 is 10.6 Å². The molecule has 13 heavy (non-hydrogen) atoms. The lowest BCUT2D eigenvalue weighted by atomic mass is 9.85. The molecule has 0 bridgehead atoms. The van der Waals surface area contributed by atoms with Gasteiger partial charge in [0.05, 0.1) is 0 Å². The summed E-state index contributed by atoms with van der Waals surface area (Å²) in [4.78, 5) is 5.01. The van der Waals surface area contributed by atoms with Crippen LogP contribution < -0.4 is 5.73 Å². The van der Waals surface area contributed by atoms with Crippen molar-refractivity contribution in [2.24, 2.45) is 5.73 Å². The molecule has 0 aromatic rings. The molecule has 2 rings (SSSR count). The van der Waals surface area contributed by atoms with Crippen molar-refractivity contribution < 1.29 is 0 Å². The Kier molecular flexibility index (Phi) is 2.58. The van der Waals surface area contributed by atoms with Gasteiger partial charge in [-0.2, -0.15) is 0 Å². The van der Waals surface area contributed by atoms with E-state index in [9.17, 15) is 0 Å². The fraction of sp³-hybridized carbons (Fsp3) is 1.00. The van der Waals surface area contributed by atoms with E-state index in [0.717, 1.165) is 6.54 Å². The summed E-state index contributed by atoms with van der Waals surface area (Å²) in [5.41, 5.74) is 6.27. The quantitative estimate of drug-likeness (QED) is 0.660. The molecule has 0 amide bonds. The summed E-state index contributed by atoms with van der Waals surface area (Å²) in [6, 6.07) is 0. The van der Waals surface area contributed by atoms with E-state index in [0.29, 0.717) is 5.54 Å². The predicted octanol–water partition coefficient (Wildman–Crippen LogP) is 0.115. The molecule has 0 aromatic carbocycles. The molecule has 0 spiro atoms. The molecule has 0 aliphatic carbocycles. The number of piperidine rings is 1. The van der Waals surface area contributed by atoms with Gasteiger partial charge in [-0.05, 0) is 32.9 Å². The summed E-state index contributed by atoms with van der Waals surface area (Å²) < 4.78 is 0. The molecule has 1 unspecified atom stereocenters. The standard InChI is InChI=1S/C10H21N3/c1-12-5-2-4-10(8-11,9-12)13-6-3-7-13/h2-9,11H2,1H3. The third-order valence-corrected chi connectivity index (χ3v) is 3.65. The topological polar surface area (TPSA) is 32.5 Å². The molecule has 76 valence electrons. The van der Waals surface area contributed by atoms with E-state index in [4.69, 9.17) is 5.73 Å². The van der Waals surface area contributed by atoms with Crippen LogP contribution in [-0.2, 0) is 0 Å². The van der Waals surface area contributed by atoms with Crippen molar-refractivity contribution in [2.75, 3.05) is 39.8 Å². The van der Waals surface area contributed by atoms with Crippen LogP contribution in [0.25, 0.3) is 0 Å². The Balaban J connectivity index is 2.03. The maximum absolute atomic E-state index is 5.94. The van der Waals surface area contributed by atoms with Gasteiger partial charge in [0.2, 0.25) is 0 Å². The highest BCUT2D eigenvalue weighted by molar-refractivity contribution is 4.99. The smallest absolute Gasteiger partial charge is 0.0458 e. The molecule has 2 heterocycles. The Morgan fingerprint density at radius 3 is 2.46 bits per heavy atom. The Bertz CT molecular complexity index is 179. The molecule has 2 N–H and O–H groups in total. The third-order valence-electron chi connectivity index (χ3n) is 3.65. The highest BCUT2D eigenvalue weighted by Crippen LogP contribution is 2.29. The van der Waals surface area contributed by atoms with Crippen molar-refractivity contribution in [1.29, 1.82) is 0 Å². The van der Waals surface area contributed by atoms with Gasteiger partial charge in [0.1, 0.15) is 0 Å². The van der Waals surface area contributed by atoms with Crippen LogP contribution in [0.3, 0.4) is 0 Å². The third kappa shape index (κ3) is 1.60. The van der Waals surface area contributed by atoms with Crippen LogP contribution >= 0.6 is 0 Å². The highest BCUT2D eigenvalue weighted by atomic mass is 15.3. The van der Waals surface area contributed by atoms with Crippen LogP contribution in [0.15, 0.2) is 0 Å². The van der Waals surface area contributed by atoms with E-state index in [1.807, 2.05) is 0 Å². The number of likely N-dealkylation sites (tertiary alicyclic amines) is 2. The molecular formula is C10H21N3. The molecular weight excluding hydrogens is 162 g/mol. The zero-order valence-electron chi connectivity index (χ0n) is 8.63. The monoisotopic (exact) mass is 183 g/mol. The average Bonchev–Trinajstić information content (AvgIpc) is 2.01. The first-order chi connectivity index (χ1) is 6.27. The summed E-state index contributed by atoms with van der Waals surface area (Å²) in [5, 5.41) is 0. The van der Waals surface area contributed by atoms with Gasteiger partial charge in [-0.3, -0.25) is 4.90 Å². The number of hydrogen-bond acceptors (Lipinski definition) is 3. The summed E-state index contributed by atoms with van der Waals surface area (Å²) in [5.74, 6) is 0. The van der Waals surface area contributed by atoms with E-state index in [2.05, 4.69) is 16.8 Å². The number of hydrogen-bond donors (Lipinski definition) is 1. The van der Waals surface area contributed by atoms with Crippen molar-refractivity contribution in [3.8, 4) is 0 Å². The van der Waals surface area contributed by atoms with Crippen molar-refractivity contribution in [3.05, 3.63) is 0 Å². The van der Waals surface area contributed by atoms with Gasteiger partial charge in [0.25, 0.3) is 0 Å². The zero-order valence-corrected chi connectivity index (χ0v) is 8.63. The van der Waals surface area contributed by atoms with E-state index in [1.165, 1.54) is 45.4 Å². The number of nitrogens with two attached hydrogens (primary N) is 1. The van der Waals surface area contributed by atoms with Crippen LogP contribution in [0.1, 0.15) is 19.3 Å². The van der Waals surface area contributed by atoms with E-state index < -0.39 is 0 Å². The minimum Gasteiger partial charge on any atom is -0.329 e. The number of likely N-dealkylation sites (N-methyl/N-ethyl adjacent to an activating group) is 1. The van der Waals surface area contributed by atoms with Gasteiger partial charge in [-0.15, -0.1) is 0 Å². The zero-order chi connectivity index (χ0) is 9.31. The lowest BCUT2D eigenvalue weighted by molar-refractivity contribution is -0.0141. The number of rotatable bonds is 2. The summed E-state index contributed by atoms with van der Waals surface area (Å²) in [6.45, 7) is 5.78. The molecule has 3 heteroatoms. The first-order valence-electron chi connectivity index (χ1n) is 5.40. The van der Waals surface area contributed by atoms with Gasteiger partial charge in [0, 0.05) is 31.7 Å². The molecule has 2 aliphatic rings. The van der Waals surface area contributed by atoms with E-state index in [1.54, 1.807) is 0 Å². The molecule has 2 saturated heterocycles. The molecule has 1 atom stereocenters. The summed E-state index contributed by atoms with van der Waals surface area (Å²) >= 11 is 0. The van der Waals surface area contributed by atoms with Crippen LogP contribution in [0.2, 0.25) is 0 Å². The lowest BCUT2D eigenvalue weighted by Crippen LogP contribution is -2.65. The van der Waals surface area contributed by atoms with Crippen molar-refractivity contribution in [3.63, 3.8) is 0 Å². The van der Waals surface area contributed by atoms with Crippen molar-refractivity contribution in [2.45, 2.75) is 24.8 Å². The van der Waals surface area contributed by atoms with E-state index in [-0.39, 0.29) is 0 Å². The van der Waals surface area contributed by atoms with Gasteiger partial charge in [-0.1, -0.05) is 0 Å². The van der Waals surface area contributed by atoms with Crippen LogP contribution in [0, 0.1) is 0 Å². The first-order valence-corrected chi connectivity index (χ1v) is 5.40. The molecule has 0 saturated carbocycles. The Hall–Kier alpha value is -0.120. The van der Waals surface area contributed by atoms with Crippen LogP contribution in [0.4, 0.5) is 0 Å². The van der Waals surface area contributed by atoms with Crippen LogP contribution in [0.5, 0.6) is 0 Å². The summed E-state index contributed by atoms with van der Waals surface area (Å²) in [6.07, 6.45) is 3.98. The predicted molar refractivity (Wildman–Crippen MR) is 54.7 cm³/mol. The van der Waals surface area contributed by atoms with Gasteiger partial charge in [-0.25, -0.2) is 0 Å². The molecule has 3 nitrogen and oxygen atoms in total. The van der Waals surface area contributed by atoms with Crippen molar-refractivity contribution in [1.82, 2.24) is 9.80 Å². The minimum atomic E-state index is 0.325. The number of nitrogens with zero attached hydrogens (tertiary/aromatic N) is 2. The fourth-order valence-corrected chi connectivity index (χ4v) is 2.68. The van der Waals surface area contributed by atoms with Crippen molar-refractivity contribution >= 4 is 0 Å². The fourth-order valence-electron chi connectivity index (χ4n) is 2.68. The minimum absolute atomic E-state index is 0.325. The second kappa shape index (κ2) is 3.56. The highest BCUT2D eigenvalue weighted by Gasteiger charge is 2.40. The Labute approximate surface area is 80.9 Å². The first kappa shape index (κ1) is 9.44. The largest absolute Gasteiger partial charge is 0.329 e. The molecule has 2 aliphatic heterocycles. The molecule has 2 fully saturated rings. The maximum Gasteiger partial charge on any atom is 0.0458 e. The Morgan fingerprint density at radius 1 is 1.23 bits per heavy atom. The van der Waals surface area contributed by atoms with Crippen LogP contribution in [-0.4, -0.2) is 55.1 Å². The second-order valence-electron chi connectivity index (χ2n) is 4.61. The Morgan fingerprint density at radius 2 is 2.00 bits per heavy atom. The van der Waals surface area contributed by atoms with E-state index >= 15 is 0 Å². The van der Waals surface area contributed by atoms with Gasteiger partial charge in [0.15, 0.2) is 0 Å². The maximum atomic E-state index is 5.94. The second-order valence-corrected chi connectivity index (χ2v) is 4.61. The normalized spacial score (nSPS) is 37.4. The SMILES string of the molecule is CN1CCCC(CN)(N2CCC2)C1. The lowest BCUT2D eigenvalue weighted by Gasteiger charge is -2.52. The summed E-state index contributed by atoms with van der Waals surface area (Å²) in [7, 11) is 2.21.